The molecule has 1 aliphatic carbocycles. The minimum absolute atomic E-state index is 0.0762. The molecule has 0 fully saturated rings. The van der Waals surface area contributed by atoms with E-state index in [9.17, 15) is 28.0 Å². The van der Waals surface area contributed by atoms with Gasteiger partial charge in [-0.2, -0.15) is 18.4 Å². The number of benzene rings is 2. The van der Waals surface area contributed by atoms with Gasteiger partial charge in [0.25, 0.3) is 0 Å². The van der Waals surface area contributed by atoms with E-state index in [1.165, 1.54) is 33.7 Å². The van der Waals surface area contributed by atoms with Gasteiger partial charge in [-0.15, -0.1) is 11.8 Å². The topological polar surface area (TPSA) is 64.4 Å². The molecule has 0 spiro atoms. The van der Waals surface area contributed by atoms with E-state index in [1.807, 2.05) is 11.2 Å². The third-order valence-electron chi connectivity index (χ3n) is 5.94. The standard InChI is InChI=1S/C24H20F3N3O2S.CH3I/c1-29-22(17-10-9-14(13-28)11-20(17)33-2)21-18(7-4-8-19(21)31)30(23(29)32)16-6-3-5-15(12-16)24(25,26)27;1-2/h3,5-6,9-12,22H,4,7-8H2,1-2H3;1H3. The summed E-state index contributed by atoms with van der Waals surface area (Å²) in [4.78, 5) is 32.0. The molecule has 1 atom stereocenters. The summed E-state index contributed by atoms with van der Waals surface area (Å²) in [7, 11) is 1.54. The number of thioether (sulfide) groups is 1. The fraction of sp³-hybridized carbons (Fsp3) is 0.320. The maximum atomic E-state index is 13.5. The minimum Gasteiger partial charge on any atom is -0.316 e. The van der Waals surface area contributed by atoms with Gasteiger partial charge in [0.15, 0.2) is 5.78 Å². The molecule has 0 N–H and O–H groups in total. The minimum atomic E-state index is -4.56. The van der Waals surface area contributed by atoms with Crippen molar-refractivity contribution in [1.29, 1.82) is 5.26 Å². The van der Waals surface area contributed by atoms with Crippen molar-refractivity contribution in [2.75, 3.05) is 23.1 Å². The van der Waals surface area contributed by atoms with E-state index in [2.05, 4.69) is 28.7 Å². The molecule has 1 aliphatic heterocycles. The Kier molecular flexibility index (Phi) is 8.54. The van der Waals surface area contributed by atoms with Crippen LogP contribution in [0.15, 0.2) is 58.6 Å². The number of alkyl halides is 4. The van der Waals surface area contributed by atoms with E-state index in [4.69, 9.17) is 0 Å². The molecular formula is C25H23F3IN3O2S. The van der Waals surface area contributed by atoms with Crippen LogP contribution in [0.25, 0.3) is 0 Å². The fourth-order valence-corrected chi connectivity index (χ4v) is 5.09. The second-order valence-electron chi connectivity index (χ2n) is 7.89. The summed E-state index contributed by atoms with van der Waals surface area (Å²) in [6.07, 6.45) is -1.49. The number of carbonyl (C=O) groups excluding carboxylic acids is 2. The highest BCUT2D eigenvalue weighted by molar-refractivity contribution is 14.1. The van der Waals surface area contributed by atoms with Gasteiger partial charge in [-0.05, 0) is 59.9 Å². The largest absolute Gasteiger partial charge is 0.416 e. The van der Waals surface area contributed by atoms with Crippen molar-refractivity contribution in [1.82, 2.24) is 4.90 Å². The van der Waals surface area contributed by atoms with Crippen LogP contribution in [-0.2, 0) is 11.0 Å². The van der Waals surface area contributed by atoms with Gasteiger partial charge in [0, 0.05) is 29.6 Å². The maximum Gasteiger partial charge on any atom is 0.416 e. The first-order chi connectivity index (χ1) is 16.7. The van der Waals surface area contributed by atoms with Gasteiger partial charge in [0.05, 0.1) is 28.9 Å². The molecule has 2 amide bonds. The zero-order chi connectivity index (χ0) is 25.9. The van der Waals surface area contributed by atoms with E-state index >= 15 is 0 Å². The van der Waals surface area contributed by atoms with Gasteiger partial charge in [-0.25, -0.2) is 4.79 Å². The summed E-state index contributed by atoms with van der Waals surface area (Å²) in [6, 6.07) is 10.6. The number of halogens is 4. The van der Waals surface area contributed by atoms with Gasteiger partial charge in [-0.3, -0.25) is 9.69 Å². The van der Waals surface area contributed by atoms with E-state index in [0.29, 0.717) is 41.7 Å². The monoisotopic (exact) mass is 613 g/mol. The predicted octanol–water partition coefficient (Wildman–Crippen LogP) is 6.97. The van der Waals surface area contributed by atoms with Crippen LogP contribution in [-0.4, -0.2) is 34.9 Å². The number of rotatable bonds is 3. The van der Waals surface area contributed by atoms with Gasteiger partial charge < -0.3 is 4.90 Å². The number of nitrogens with zero attached hydrogens (tertiary/aromatic N) is 3. The summed E-state index contributed by atoms with van der Waals surface area (Å²) in [6.45, 7) is 0. The number of nitriles is 1. The summed E-state index contributed by atoms with van der Waals surface area (Å²) in [5.41, 5.74) is 1.24. The molecule has 4 rings (SSSR count). The number of likely N-dealkylation sites (N-methyl/N-ethyl adjacent to an activating group) is 1. The molecule has 0 radical (unpaired) electrons. The molecule has 0 saturated carbocycles. The molecule has 0 bridgehead atoms. The summed E-state index contributed by atoms with van der Waals surface area (Å²) >= 11 is 3.55. The first kappa shape index (κ1) is 27.1. The number of urea groups is 1. The molecule has 2 aliphatic rings. The van der Waals surface area contributed by atoms with Gasteiger partial charge in [0.2, 0.25) is 0 Å². The third-order valence-corrected chi connectivity index (χ3v) is 6.73. The molecule has 10 heteroatoms. The second-order valence-corrected chi connectivity index (χ2v) is 8.73. The van der Waals surface area contributed by atoms with E-state index < -0.39 is 23.8 Å². The molecule has 5 nitrogen and oxygen atoms in total. The van der Waals surface area contributed by atoms with E-state index in [0.717, 1.165) is 17.0 Å². The van der Waals surface area contributed by atoms with E-state index in [1.54, 1.807) is 25.2 Å². The predicted molar refractivity (Wildman–Crippen MR) is 139 cm³/mol. The van der Waals surface area contributed by atoms with Crippen molar-refractivity contribution >= 4 is 51.9 Å². The van der Waals surface area contributed by atoms with Crippen LogP contribution in [0.3, 0.4) is 0 Å². The zero-order valence-corrected chi connectivity index (χ0v) is 22.3. The Morgan fingerprint density at radius 3 is 2.46 bits per heavy atom. The number of amides is 2. The summed E-state index contributed by atoms with van der Waals surface area (Å²) in [5.74, 6) is -0.131. The van der Waals surface area contributed by atoms with Gasteiger partial charge >= 0.3 is 12.2 Å². The summed E-state index contributed by atoms with van der Waals surface area (Å²) < 4.78 is 40.0. The number of hydrogen-bond donors (Lipinski definition) is 0. The van der Waals surface area contributed by atoms with Crippen molar-refractivity contribution < 1.29 is 22.8 Å². The molecule has 1 unspecified atom stereocenters. The lowest BCUT2D eigenvalue weighted by molar-refractivity contribution is -0.137. The highest BCUT2D eigenvalue weighted by Crippen LogP contribution is 2.45. The molecule has 35 heavy (non-hydrogen) atoms. The van der Waals surface area contributed by atoms with Crippen molar-refractivity contribution in [3.63, 3.8) is 0 Å². The average molecular weight is 613 g/mol. The third kappa shape index (κ3) is 5.21. The van der Waals surface area contributed by atoms with Crippen LogP contribution in [0, 0.1) is 11.3 Å². The van der Waals surface area contributed by atoms with Crippen molar-refractivity contribution in [3.05, 3.63) is 70.4 Å². The molecule has 0 aromatic heterocycles. The smallest absolute Gasteiger partial charge is 0.316 e. The lowest BCUT2D eigenvalue weighted by Gasteiger charge is -2.44. The second kappa shape index (κ2) is 11.0. The Bertz CT molecular complexity index is 1220. The number of ketones is 1. The molecule has 2 aromatic rings. The lowest BCUT2D eigenvalue weighted by Crippen LogP contribution is -2.50. The van der Waals surface area contributed by atoms with Crippen molar-refractivity contribution in [2.24, 2.45) is 0 Å². The average Bonchev–Trinajstić information content (AvgIpc) is 2.86. The molecule has 0 saturated heterocycles. The van der Waals surface area contributed by atoms with Crippen LogP contribution < -0.4 is 4.90 Å². The van der Waals surface area contributed by atoms with Gasteiger partial charge in [0.1, 0.15) is 0 Å². The number of hydrogen-bond acceptors (Lipinski definition) is 4. The summed E-state index contributed by atoms with van der Waals surface area (Å²) in [5, 5.41) is 9.25. The lowest BCUT2D eigenvalue weighted by atomic mass is 9.83. The van der Waals surface area contributed by atoms with Gasteiger partial charge in [-0.1, -0.05) is 34.7 Å². The Labute approximate surface area is 220 Å². The van der Waals surface area contributed by atoms with Crippen LogP contribution in [0.2, 0.25) is 0 Å². The Morgan fingerprint density at radius 2 is 1.83 bits per heavy atom. The first-order valence-electron chi connectivity index (χ1n) is 10.6. The highest BCUT2D eigenvalue weighted by Gasteiger charge is 2.44. The van der Waals surface area contributed by atoms with Crippen LogP contribution in [0.4, 0.5) is 23.7 Å². The quantitative estimate of drug-likeness (QED) is 0.213. The highest BCUT2D eigenvalue weighted by atomic mass is 127. The Hall–Kier alpha value is -2.52. The number of Topliss-reactive ketones (excluding diaryl/α,β-unsaturated/α-hetero) is 1. The molecule has 2 aromatic carbocycles. The zero-order valence-electron chi connectivity index (χ0n) is 19.3. The molecule has 184 valence electrons. The van der Waals surface area contributed by atoms with Crippen molar-refractivity contribution in [2.45, 2.75) is 36.4 Å². The SMILES string of the molecule is CI.CSc1cc(C#N)ccc1C1C2=C(CCCC2=O)N(c2cccc(C(F)(F)F)c2)C(=O)N1C. The van der Waals surface area contributed by atoms with Crippen LogP contribution in [0.5, 0.6) is 0 Å². The van der Waals surface area contributed by atoms with Crippen LogP contribution >= 0.6 is 34.4 Å². The molecular weight excluding hydrogens is 590 g/mol. The Morgan fingerprint density at radius 1 is 1.11 bits per heavy atom. The van der Waals surface area contributed by atoms with E-state index in [-0.39, 0.29) is 11.5 Å². The number of anilines is 1. The number of carbonyl (C=O) groups is 2. The number of allylic oxidation sites excluding steroid dienone is 1. The maximum absolute atomic E-state index is 13.5. The first-order valence-corrected chi connectivity index (χ1v) is 14.0. The normalized spacial score (nSPS) is 18.1. The van der Waals surface area contributed by atoms with Crippen LogP contribution in [0.1, 0.15) is 42.0 Å². The molecule has 1 heterocycles. The fourth-order valence-electron chi connectivity index (χ4n) is 4.42. The Balaban J connectivity index is 0.00000167. The van der Waals surface area contributed by atoms with Crippen molar-refractivity contribution in [3.8, 4) is 6.07 Å².